The van der Waals surface area contributed by atoms with Gasteiger partial charge in [0.2, 0.25) is 0 Å². The van der Waals surface area contributed by atoms with E-state index in [4.69, 9.17) is 0 Å². The van der Waals surface area contributed by atoms with Gasteiger partial charge in [0.15, 0.2) is 0 Å². The standard InChI is InChI=1S/C23H24/c1-5-7-9-20-10-12-21(13-11-20)14-15-23-17-16-22(8-6-2)18(3)19(23)4/h10-13,16-17H,5,7,9H2,1-4H3. The molecule has 2 rings (SSSR count). The Bertz CT molecular complexity index is 784. The van der Waals surface area contributed by atoms with Crippen molar-refractivity contribution in [3.63, 3.8) is 0 Å². The van der Waals surface area contributed by atoms with Crippen molar-refractivity contribution in [1.82, 2.24) is 0 Å². The Morgan fingerprint density at radius 1 is 0.783 bits per heavy atom. The number of hydrogen-bond acceptors (Lipinski definition) is 0. The van der Waals surface area contributed by atoms with Crippen LogP contribution >= 0.6 is 0 Å². The van der Waals surface area contributed by atoms with Gasteiger partial charge in [0.1, 0.15) is 0 Å². The highest BCUT2D eigenvalue weighted by molar-refractivity contribution is 5.54. The summed E-state index contributed by atoms with van der Waals surface area (Å²) in [4.78, 5) is 0. The average Bonchev–Trinajstić information content (AvgIpc) is 2.57. The minimum absolute atomic E-state index is 1.07. The molecule has 0 bridgehead atoms. The first-order chi connectivity index (χ1) is 11.2. The van der Waals surface area contributed by atoms with Crippen LogP contribution < -0.4 is 0 Å². The molecule has 0 saturated carbocycles. The average molecular weight is 300 g/mol. The lowest BCUT2D eigenvalue weighted by Crippen LogP contribution is -1.91. The highest BCUT2D eigenvalue weighted by Gasteiger charge is 2.02. The predicted octanol–water partition coefficient (Wildman–Crippen LogP) is 5.42. The third kappa shape index (κ3) is 4.51. The molecule has 0 unspecified atom stereocenters. The maximum absolute atomic E-state index is 3.30. The molecule has 0 aliphatic heterocycles. The third-order valence-electron chi connectivity index (χ3n) is 4.16. The molecule has 0 fully saturated rings. The predicted molar refractivity (Wildman–Crippen MR) is 99.5 cm³/mol. The first kappa shape index (κ1) is 16.9. The largest absolute Gasteiger partial charge is 0.101 e. The molecule has 0 spiro atoms. The molecule has 0 heteroatoms. The summed E-state index contributed by atoms with van der Waals surface area (Å²) in [5, 5.41) is 0. The summed E-state index contributed by atoms with van der Waals surface area (Å²) in [5.74, 6) is 12.7. The van der Waals surface area contributed by atoms with E-state index >= 15 is 0 Å². The molecule has 0 saturated heterocycles. The fourth-order valence-electron chi connectivity index (χ4n) is 2.50. The summed E-state index contributed by atoms with van der Waals surface area (Å²) in [6.07, 6.45) is 3.64. The maximum atomic E-state index is 3.30. The summed E-state index contributed by atoms with van der Waals surface area (Å²) in [5.41, 5.74) is 7.08. The molecule has 0 amide bonds. The van der Waals surface area contributed by atoms with Gasteiger partial charge in [-0.05, 0) is 74.6 Å². The smallest absolute Gasteiger partial charge is 0.0281 e. The van der Waals surface area contributed by atoms with Crippen molar-refractivity contribution in [2.45, 2.75) is 47.0 Å². The van der Waals surface area contributed by atoms with Crippen LogP contribution in [0.3, 0.4) is 0 Å². The van der Waals surface area contributed by atoms with E-state index in [-0.39, 0.29) is 0 Å². The van der Waals surface area contributed by atoms with Crippen LogP contribution in [0.5, 0.6) is 0 Å². The molecule has 0 N–H and O–H groups in total. The Hall–Kier alpha value is -2.44. The number of benzene rings is 2. The summed E-state index contributed by atoms with van der Waals surface area (Å²) >= 11 is 0. The molecule has 0 radical (unpaired) electrons. The highest BCUT2D eigenvalue weighted by atomic mass is 14.1. The van der Waals surface area contributed by atoms with Crippen molar-refractivity contribution in [3.05, 3.63) is 69.8 Å². The second-order valence-electron chi connectivity index (χ2n) is 5.84. The van der Waals surface area contributed by atoms with Gasteiger partial charge in [0, 0.05) is 16.7 Å². The Kier molecular flexibility index (Phi) is 6.08. The summed E-state index contributed by atoms with van der Waals surface area (Å²) in [6, 6.07) is 12.8. The Morgan fingerprint density at radius 2 is 1.39 bits per heavy atom. The summed E-state index contributed by atoms with van der Waals surface area (Å²) < 4.78 is 0. The van der Waals surface area contributed by atoms with Gasteiger partial charge >= 0.3 is 0 Å². The minimum atomic E-state index is 1.07. The Morgan fingerprint density at radius 3 is 1.96 bits per heavy atom. The molecule has 116 valence electrons. The van der Waals surface area contributed by atoms with E-state index in [1.807, 2.05) is 6.92 Å². The zero-order chi connectivity index (χ0) is 16.7. The third-order valence-corrected chi connectivity index (χ3v) is 4.16. The molecule has 0 aromatic heterocycles. The summed E-state index contributed by atoms with van der Waals surface area (Å²) in [7, 11) is 0. The molecular weight excluding hydrogens is 276 g/mol. The molecule has 2 aromatic rings. The van der Waals surface area contributed by atoms with E-state index in [0.29, 0.717) is 0 Å². The lowest BCUT2D eigenvalue weighted by Gasteiger charge is -2.05. The van der Waals surface area contributed by atoms with E-state index in [2.05, 4.69) is 80.9 Å². The van der Waals surface area contributed by atoms with Crippen molar-refractivity contribution >= 4 is 0 Å². The first-order valence-electron chi connectivity index (χ1n) is 8.29. The number of unbranched alkanes of at least 4 members (excludes halogenated alkanes) is 1. The van der Waals surface area contributed by atoms with Crippen molar-refractivity contribution in [2.75, 3.05) is 0 Å². The van der Waals surface area contributed by atoms with Gasteiger partial charge in [-0.15, -0.1) is 5.92 Å². The fraction of sp³-hybridized carbons (Fsp3) is 0.304. The quantitative estimate of drug-likeness (QED) is 0.664. The van der Waals surface area contributed by atoms with Gasteiger partial charge in [0.25, 0.3) is 0 Å². The normalized spacial score (nSPS) is 9.57. The Balaban J connectivity index is 2.21. The van der Waals surface area contributed by atoms with Crippen LogP contribution in [0, 0.1) is 37.5 Å². The van der Waals surface area contributed by atoms with Gasteiger partial charge in [-0.25, -0.2) is 0 Å². The fourth-order valence-corrected chi connectivity index (χ4v) is 2.50. The van der Waals surface area contributed by atoms with E-state index in [9.17, 15) is 0 Å². The van der Waals surface area contributed by atoms with Crippen LogP contribution in [0.15, 0.2) is 36.4 Å². The second-order valence-corrected chi connectivity index (χ2v) is 5.84. The number of rotatable bonds is 3. The molecule has 23 heavy (non-hydrogen) atoms. The van der Waals surface area contributed by atoms with Crippen LogP contribution in [0.25, 0.3) is 0 Å². The monoisotopic (exact) mass is 300 g/mol. The highest BCUT2D eigenvalue weighted by Crippen LogP contribution is 2.16. The van der Waals surface area contributed by atoms with E-state index < -0.39 is 0 Å². The Labute approximate surface area is 141 Å². The molecule has 0 nitrogen and oxygen atoms in total. The lowest BCUT2D eigenvalue weighted by molar-refractivity contribution is 0.795. The van der Waals surface area contributed by atoms with Crippen LogP contribution in [-0.2, 0) is 6.42 Å². The van der Waals surface area contributed by atoms with Crippen LogP contribution in [0.1, 0.15) is 60.1 Å². The van der Waals surface area contributed by atoms with Crippen molar-refractivity contribution < 1.29 is 0 Å². The second kappa shape index (κ2) is 8.26. The minimum Gasteiger partial charge on any atom is -0.101 e. The van der Waals surface area contributed by atoms with Crippen LogP contribution in [0.4, 0.5) is 0 Å². The van der Waals surface area contributed by atoms with Gasteiger partial charge in [-0.1, -0.05) is 43.2 Å². The number of hydrogen-bond donors (Lipinski definition) is 0. The maximum Gasteiger partial charge on any atom is 0.0281 e. The molecule has 0 atom stereocenters. The van der Waals surface area contributed by atoms with E-state index in [0.717, 1.165) is 23.1 Å². The zero-order valence-corrected chi connectivity index (χ0v) is 14.6. The topological polar surface area (TPSA) is 0 Å². The summed E-state index contributed by atoms with van der Waals surface area (Å²) in [6.45, 7) is 8.32. The molecule has 2 aromatic carbocycles. The van der Waals surface area contributed by atoms with Crippen molar-refractivity contribution in [1.29, 1.82) is 0 Å². The van der Waals surface area contributed by atoms with Gasteiger partial charge in [-0.2, -0.15) is 0 Å². The van der Waals surface area contributed by atoms with Crippen LogP contribution in [-0.4, -0.2) is 0 Å². The molecule has 0 aliphatic rings. The van der Waals surface area contributed by atoms with Gasteiger partial charge in [-0.3, -0.25) is 0 Å². The molecule has 0 heterocycles. The SMILES string of the molecule is CC#Cc1ccc(C#Cc2ccc(CCCC)cc2)c(C)c1C. The molecule has 0 aliphatic carbocycles. The van der Waals surface area contributed by atoms with Crippen molar-refractivity contribution in [3.8, 4) is 23.7 Å². The molecular formula is C23H24. The van der Waals surface area contributed by atoms with Crippen molar-refractivity contribution in [2.24, 2.45) is 0 Å². The van der Waals surface area contributed by atoms with Crippen LogP contribution in [0.2, 0.25) is 0 Å². The first-order valence-corrected chi connectivity index (χ1v) is 8.29. The zero-order valence-electron chi connectivity index (χ0n) is 14.6. The van der Waals surface area contributed by atoms with E-state index in [1.54, 1.807) is 0 Å². The van der Waals surface area contributed by atoms with Gasteiger partial charge in [0.05, 0.1) is 0 Å². The number of aryl methyl sites for hydroxylation is 1. The van der Waals surface area contributed by atoms with E-state index in [1.165, 1.54) is 29.5 Å². The lowest BCUT2D eigenvalue weighted by atomic mass is 9.98. The van der Waals surface area contributed by atoms with Gasteiger partial charge < -0.3 is 0 Å².